The van der Waals surface area contributed by atoms with Crippen molar-refractivity contribution in [3.05, 3.63) is 90.0 Å². The van der Waals surface area contributed by atoms with Crippen molar-refractivity contribution >= 4 is 10.8 Å². The van der Waals surface area contributed by atoms with Crippen LogP contribution in [0.5, 0.6) is 17.2 Å². The molecule has 5 heteroatoms. The maximum atomic E-state index is 11.4. The van der Waals surface area contributed by atoms with Gasteiger partial charge in [0.15, 0.2) is 11.5 Å². The summed E-state index contributed by atoms with van der Waals surface area (Å²) < 4.78 is 5.65. The van der Waals surface area contributed by atoms with Crippen molar-refractivity contribution < 1.29 is 25.2 Å². The molecule has 0 saturated carbocycles. The molecule has 1 aliphatic rings. The van der Waals surface area contributed by atoms with E-state index >= 15 is 0 Å². The van der Waals surface area contributed by atoms with Crippen molar-refractivity contribution in [3.63, 3.8) is 0 Å². The van der Waals surface area contributed by atoms with E-state index in [0.717, 1.165) is 53.1 Å². The van der Waals surface area contributed by atoms with Crippen LogP contribution in [-0.2, 0) is 12.8 Å². The lowest BCUT2D eigenvalue weighted by Gasteiger charge is -2.28. The van der Waals surface area contributed by atoms with Gasteiger partial charge in [0.25, 0.3) is 0 Å². The molecule has 5 atom stereocenters. The van der Waals surface area contributed by atoms with Crippen LogP contribution in [-0.4, -0.2) is 39.7 Å². The number of methoxy groups -OCH3 is 1. The summed E-state index contributed by atoms with van der Waals surface area (Å²) in [6.07, 6.45) is 4.71. The van der Waals surface area contributed by atoms with Gasteiger partial charge in [0.1, 0.15) is 5.75 Å². The molecule has 44 heavy (non-hydrogen) atoms. The molecule has 0 bridgehead atoms. The molecule has 0 unspecified atom stereocenters. The third-order valence-corrected chi connectivity index (χ3v) is 9.22. The lowest BCUT2D eigenvalue weighted by Crippen LogP contribution is -2.32. The van der Waals surface area contributed by atoms with E-state index in [-0.39, 0.29) is 17.4 Å². The molecule has 0 aromatic heterocycles. The van der Waals surface area contributed by atoms with Crippen LogP contribution in [0.1, 0.15) is 56.6 Å². The minimum atomic E-state index is -0.730. The lowest BCUT2D eigenvalue weighted by molar-refractivity contribution is 0.00554. The molecule has 0 heterocycles. The standard InChI is InChI=1S/C39H44O5/c1-26(23-27-9-4-3-5-10-27)28-11-6-7-14-35(41)34(13-8-12-28)36(42)21-18-29-19-22-37(43)39(44-2)38(29)32-16-15-31-25-33(40)20-17-30(31)24-32/h3-5,9-10,15-17,19-20,22,24-26,28,34-36,40-43H,6-7,11,13-14,18,21,23H2,1-2H3/t26-,28+,34+,35+,36-/m1/s1. The van der Waals surface area contributed by atoms with Crippen molar-refractivity contribution in [2.24, 2.45) is 17.8 Å². The third kappa shape index (κ3) is 7.56. The fraction of sp³-hybridized carbons (Fsp3) is 0.385. The monoisotopic (exact) mass is 592 g/mol. The van der Waals surface area contributed by atoms with Crippen LogP contribution >= 0.6 is 0 Å². The van der Waals surface area contributed by atoms with Gasteiger partial charge in [-0.1, -0.05) is 80.3 Å². The molecule has 5 nitrogen and oxygen atoms in total. The molecule has 0 amide bonds. The number of aliphatic hydroxyl groups excluding tert-OH is 2. The Morgan fingerprint density at radius 3 is 2.45 bits per heavy atom. The summed E-state index contributed by atoms with van der Waals surface area (Å²) in [5.74, 6) is 7.93. The van der Waals surface area contributed by atoms with Gasteiger partial charge in [-0.25, -0.2) is 0 Å². The Labute approximate surface area is 261 Å². The smallest absolute Gasteiger partial charge is 0.168 e. The van der Waals surface area contributed by atoms with Gasteiger partial charge in [-0.2, -0.15) is 0 Å². The number of ether oxygens (including phenoxy) is 1. The molecule has 0 aliphatic heterocycles. The first-order valence-electron chi connectivity index (χ1n) is 15.8. The summed E-state index contributed by atoms with van der Waals surface area (Å²) in [7, 11) is 1.54. The molecule has 230 valence electrons. The molecular formula is C39H44O5. The molecule has 0 spiro atoms. The number of hydrogen-bond donors (Lipinski definition) is 4. The predicted octanol–water partition coefficient (Wildman–Crippen LogP) is 7.66. The maximum absolute atomic E-state index is 11.4. The zero-order valence-corrected chi connectivity index (χ0v) is 25.7. The number of phenolic OH excluding ortho intramolecular Hbond substituents is 2. The minimum absolute atomic E-state index is 0.0479. The molecule has 5 rings (SSSR count). The number of hydrogen-bond acceptors (Lipinski definition) is 5. The highest BCUT2D eigenvalue weighted by Crippen LogP contribution is 2.42. The summed E-state index contributed by atoms with van der Waals surface area (Å²) in [6, 6.07) is 25.2. The van der Waals surface area contributed by atoms with Gasteiger partial charge in [-0.3, -0.25) is 0 Å². The Bertz CT molecular complexity index is 1600. The highest BCUT2D eigenvalue weighted by molar-refractivity contribution is 5.90. The first-order valence-corrected chi connectivity index (χ1v) is 15.8. The van der Waals surface area contributed by atoms with Crippen molar-refractivity contribution in [1.29, 1.82) is 0 Å². The Hall–Kier alpha value is -3.98. The van der Waals surface area contributed by atoms with E-state index in [0.29, 0.717) is 43.3 Å². The van der Waals surface area contributed by atoms with E-state index in [1.807, 2.05) is 36.4 Å². The Balaban J connectivity index is 1.33. The van der Waals surface area contributed by atoms with Gasteiger partial charge in [0.05, 0.1) is 19.3 Å². The molecule has 1 aliphatic carbocycles. The van der Waals surface area contributed by atoms with Gasteiger partial charge < -0.3 is 25.2 Å². The second-order valence-electron chi connectivity index (χ2n) is 12.3. The quantitative estimate of drug-likeness (QED) is 0.150. The topological polar surface area (TPSA) is 90.2 Å². The summed E-state index contributed by atoms with van der Waals surface area (Å²) in [6.45, 7) is 2.28. The van der Waals surface area contributed by atoms with E-state index in [2.05, 4.69) is 43.0 Å². The summed E-state index contributed by atoms with van der Waals surface area (Å²) in [4.78, 5) is 0. The van der Waals surface area contributed by atoms with E-state index in [9.17, 15) is 20.4 Å². The predicted molar refractivity (Wildman–Crippen MR) is 177 cm³/mol. The third-order valence-electron chi connectivity index (χ3n) is 9.22. The maximum Gasteiger partial charge on any atom is 0.168 e. The van der Waals surface area contributed by atoms with E-state index in [4.69, 9.17) is 4.74 Å². The van der Waals surface area contributed by atoms with E-state index in [1.165, 1.54) is 5.56 Å². The molecule has 4 N–H and O–H groups in total. The van der Waals surface area contributed by atoms with Crippen LogP contribution in [0.4, 0.5) is 0 Å². The second kappa shape index (κ2) is 14.7. The SMILES string of the molecule is COc1c(O)ccc(CC[C@@H](O)[C@H]2CC#C[C@@H]([C@H](C)Cc3ccccc3)CCCC[C@@H]2O)c1-c1ccc2cc(O)ccc2c1. The molecule has 4 aromatic carbocycles. The van der Waals surface area contributed by atoms with Crippen LogP contribution in [0.25, 0.3) is 21.9 Å². The Kier molecular flexibility index (Phi) is 10.5. The van der Waals surface area contributed by atoms with E-state index in [1.54, 1.807) is 25.3 Å². The van der Waals surface area contributed by atoms with Crippen LogP contribution < -0.4 is 4.74 Å². The Morgan fingerprint density at radius 1 is 0.909 bits per heavy atom. The van der Waals surface area contributed by atoms with Gasteiger partial charge in [-0.15, -0.1) is 5.92 Å². The number of benzene rings is 4. The Morgan fingerprint density at radius 2 is 1.66 bits per heavy atom. The number of aryl methyl sites for hydroxylation is 1. The van der Waals surface area contributed by atoms with Crippen LogP contribution in [0.3, 0.4) is 0 Å². The van der Waals surface area contributed by atoms with Gasteiger partial charge >= 0.3 is 0 Å². The van der Waals surface area contributed by atoms with E-state index < -0.39 is 12.2 Å². The number of rotatable bonds is 9. The van der Waals surface area contributed by atoms with Gasteiger partial charge in [-0.05, 0) is 89.8 Å². The fourth-order valence-corrected chi connectivity index (χ4v) is 6.65. The summed E-state index contributed by atoms with van der Waals surface area (Å²) >= 11 is 0. The van der Waals surface area contributed by atoms with Crippen LogP contribution in [0, 0.1) is 29.6 Å². The van der Waals surface area contributed by atoms with Crippen molar-refractivity contribution in [2.75, 3.05) is 7.11 Å². The highest BCUT2D eigenvalue weighted by Gasteiger charge is 2.28. The van der Waals surface area contributed by atoms with Gasteiger partial charge in [0, 0.05) is 23.8 Å². The number of phenols is 2. The van der Waals surface area contributed by atoms with Crippen molar-refractivity contribution in [2.45, 2.75) is 70.5 Å². The molecular weight excluding hydrogens is 548 g/mol. The zero-order valence-electron chi connectivity index (χ0n) is 25.7. The lowest BCUT2D eigenvalue weighted by atomic mass is 9.81. The zero-order chi connectivity index (χ0) is 31.1. The fourth-order valence-electron chi connectivity index (χ4n) is 6.65. The average Bonchev–Trinajstić information content (AvgIpc) is 3.03. The van der Waals surface area contributed by atoms with Crippen LogP contribution in [0.2, 0.25) is 0 Å². The number of aliphatic hydroxyl groups is 2. The summed E-state index contributed by atoms with van der Waals surface area (Å²) in [5.41, 5.74) is 3.92. The second-order valence-corrected chi connectivity index (χ2v) is 12.3. The first-order chi connectivity index (χ1) is 21.3. The van der Waals surface area contributed by atoms with Crippen molar-refractivity contribution in [3.8, 4) is 40.2 Å². The van der Waals surface area contributed by atoms with Crippen molar-refractivity contribution in [1.82, 2.24) is 0 Å². The van der Waals surface area contributed by atoms with Crippen LogP contribution in [0.15, 0.2) is 78.9 Å². The molecule has 0 radical (unpaired) electrons. The van der Waals surface area contributed by atoms with Gasteiger partial charge in [0.2, 0.25) is 0 Å². The minimum Gasteiger partial charge on any atom is -0.508 e. The number of fused-ring (bicyclic) bond motifs is 1. The molecule has 0 fully saturated rings. The largest absolute Gasteiger partial charge is 0.508 e. The normalized spacial score (nSPS) is 20.3. The average molecular weight is 593 g/mol. The highest BCUT2D eigenvalue weighted by atomic mass is 16.5. The number of aromatic hydroxyl groups is 2. The first kappa shape index (κ1) is 31.4. The molecule has 4 aromatic rings. The summed E-state index contributed by atoms with van der Waals surface area (Å²) in [5, 5.41) is 44.9. The molecule has 0 saturated heterocycles.